The third-order valence-electron chi connectivity index (χ3n) is 5.85. The molecule has 1 fully saturated rings. The van der Waals surface area contributed by atoms with Gasteiger partial charge in [-0.15, -0.1) is 0 Å². The molecular weight excluding hydrogens is 336 g/mol. The first-order valence-corrected chi connectivity index (χ1v) is 8.63. The number of rotatable bonds is 2. The first kappa shape index (κ1) is 17.0. The van der Waals surface area contributed by atoms with Crippen molar-refractivity contribution >= 4 is 17.7 Å². The highest BCUT2D eigenvalue weighted by molar-refractivity contribution is 6.13. The van der Waals surface area contributed by atoms with E-state index >= 15 is 0 Å². The summed E-state index contributed by atoms with van der Waals surface area (Å²) in [4.78, 5) is 37.4. The summed E-state index contributed by atoms with van der Waals surface area (Å²) in [6.45, 7) is 8.71. The number of allylic oxidation sites excluding steroid dienone is 3. The Morgan fingerprint density at radius 2 is 1.85 bits per heavy atom. The third-order valence-corrected chi connectivity index (χ3v) is 5.85. The molecule has 0 aromatic carbocycles. The molecule has 0 spiro atoms. The van der Waals surface area contributed by atoms with Crippen molar-refractivity contribution in [2.75, 3.05) is 0 Å². The van der Waals surface area contributed by atoms with E-state index in [-0.39, 0.29) is 23.6 Å². The normalized spacial score (nSPS) is 35.5. The van der Waals surface area contributed by atoms with Gasteiger partial charge in [0.05, 0.1) is 12.0 Å². The van der Waals surface area contributed by atoms with E-state index in [1.165, 1.54) is 0 Å². The van der Waals surface area contributed by atoms with Gasteiger partial charge in [-0.25, -0.2) is 9.59 Å². The molecule has 2 aliphatic heterocycles. The van der Waals surface area contributed by atoms with Gasteiger partial charge in [-0.3, -0.25) is 4.79 Å². The number of epoxide rings is 1. The van der Waals surface area contributed by atoms with Crippen LogP contribution in [0, 0.1) is 5.92 Å². The van der Waals surface area contributed by atoms with E-state index in [0.29, 0.717) is 16.7 Å². The van der Waals surface area contributed by atoms with Crippen molar-refractivity contribution in [2.45, 2.75) is 52.4 Å². The lowest BCUT2D eigenvalue weighted by Gasteiger charge is -2.21. The van der Waals surface area contributed by atoms with Crippen LogP contribution in [0.1, 0.15) is 34.6 Å². The lowest BCUT2D eigenvalue weighted by atomic mass is 9.87. The maximum Gasteiger partial charge on any atom is 0.346 e. The molecule has 4 atom stereocenters. The van der Waals surface area contributed by atoms with E-state index in [4.69, 9.17) is 14.2 Å². The average molecular weight is 356 g/mol. The Morgan fingerprint density at radius 3 is 2.46 bits per heavy atom. The molecule has 1 saturated heterocycles. The van der Waals surface area contributed by atoms with Gasteiger partial charge in [0.25, 0.3) is 0 Å². The molecule has 0 radical (unpaired) electrons. The molecule has 0 aromatic heterocycles. The quantitative estimate of drug-likeness (QED) is 0.558. The molecule has 136 valence electrons. The summed E-state index contributed by atoms with van der Waals surface area (Å²) in [5.41, 5.74) is 2.18. The largest absolute Gasteiger partial charge is 0.453 e. The fourth-order valence-electron chi connectivity index (χ4n) is 3.84. The van der Waals surface area contributed by atoms with Crippen molar-refractivity contribution in [1.29, 1.82) is 0 Å². The molecule has 0 bridgehead atoms. The minimum atomic E-state index is -1.01. The van der Waals surface area contributed by atoms with E-state index in [1.807, 2.05) is 19.1 Å². The molecule has 6 nitrogen and oxygen atoms in total. The van der Waals surface area contributed by atoms with Gasteiger partial charge in [-0.2, -0.15) is 0 Å². The summed E-state index contributed by atoms with van der Waals surface area (Å²) in [5, 5.41) is 0. The highest BCUT2D eigenvalue weighted by Crippen LogP contribution is 2.47. The van der Waals surface area contributed by atoms with Gasteiger partial charge in [-0.1, -0.05) is 12.2 Å². The van der Waals surface area contributed by atoms with Crippen LogP contribution < -0.4 is 0 Å². The predicted octanol–water partition coefficient (Wildman–Crippen LogP) is 2.31. The second kappa shape index (κ2) is 5.27. The van der Waals surface area contributed by atoms with Crippen LogP contribution in [0.2, 0.25) is 0 Å². The van der Waals surface area contributed by atoms with E-state index in [9.17, 15) is 14.4 Å². The van der Waals surface area contributed by atoms with Crippen molar-refractivity contribution in [3.63, 3.8) is 0 Å². The summed E-state index contributed by atoms with van der Waals surface area (Å²) >= 11 is 0. The van der Waals surface area contributed by atoms with Gasteiger partial charge < -0.3 is 14.2 Å². The summed E-state index contributed by atoms with van der Waals surface area (Å²) in [6.07, 6.45) is 2.83. The van der Waals surface area contributed by atoms with E-state index in [1.54, 1.807) is 27.7 Å². The molecule has 2 heterocycles. The topological polar surface area (TPSA) is 82.2 Å². The van der Waals surface area contributed by atoms with Crippen molar-refractivity contribution in [3.05, 3.63) is 45.8 Å². The summed E-state index contributed by atoms with van der Waals surface area (Å²) in [6, 6.07) is 0. The third kappa shape index (κ3) is 2.11. The number of carbonyl (C=O) groups excluding carboxylic acids is 3. The molecule has 0 saturated carbocycles. The van der Waals surface area contributed by atoms with Crippen LogP contribution in [0.4, 0.5) is 0 Å². The number of carbonyl (C=O) groups is 3. The van der Waals surface area contributed by atoms with Crippen molar-refractivity contribution in [1.82, 2.24) is 0 Å². The molecule has 0 N–H and O–H groups in total. The van der Waals surface area contributed by atoms with Crippen LogP contribution in [-0.4, -0.2) is 35.5 Å². The van der Waals surface area contributed by atoms with E-state index in [0.717, 1.165) is 11.1 Å². The van der Waals surface area contributed by atoms with Gasteiger partial charge in [-0.05, 0) is 45.8 Å². The minimum absolute atomic E-state index is 0.0218. The molecule has 6 heteroatoms. The number of Topliss-reactive ketones (excluding diaryl/α,β-unsaturated/α-hetero) is 1. The highest BCUT2D eigenvalue weighted by Gasteiger charge is 2.58. The Morgan fingerprint density at radius 1 is 1.19 bits per heavy atom. The molecule has 26 heavy (non-hydrogen) atoms. The zero-order chi connectivity index (χ0) is 19.0. The Balaban J connectivity index is 1.75. The first-order valence-electron chi connectivity index (χ1n) is 8.63. The average Bonchev–Trinajstić information content (AvgIpc) is 3.07. The number of fused-ring (bicyclic) bond motifs is 3. The van der Waals surface area contributed by atoms with Crippen LogP contribution in [0.15, 0.2) is 45.8 Å². The smallest absolute Gasteiger partial charge is 0.346 e. The van der Waals surface area contributed by atoms with E-state index < -0.39 is 23.6 Å². The van der Waals surface area contributed by atoms with Crippen LogP contribution in [-0.2, 0) is 28.6 Å². The Bertz CT molecular complexity index is 899. The van der Waals surface area contributed by atoms with Crippen molar-refractivity contribution in [2.24, 2.45) is 5.92 Å². The zero-order valence-electron chi connectivity index (χ0n) is 15.3. The van der Waals surface area contributed by atoms with Crippen LogP contribution in [0.3, 0.4) is 0 Å². The molecule has 2 unspecified atom stereocenters. The van der Waals surface area contributed by atoms with E-state index in [2.05, 4.69) is 0 Å². The second-order valence-corrected chi connectivity index (χ2v) is 7.41. The van der Waals surface area contributed by atoms with Crippen molar-refractivity contribution < 1.29 is 28.6 Å². The molecule has 2 aliphatic carbocycles. The molecular formula is C20H20O6. The minimum Gasteiger partial charge on any atom is -0.453 e. The molecule has 0 amide bonds. The van der Waals surface area contributed by atoms with Gasteiger partial charge in [0.15, 0.2) is 11.4 Å². The number of hydrogen-bond donors (Lipinski definition) is 0. The van der Waals surface area contributed by atoms with Gasteiger partial charge in [0, 0.05) is 16.7 Å². The number of hydrogen-bond acceptors (Lipinski definition) is 6. The fourth-order valence-corrected chi connectivity index (χ4v) is 3.84. The SMILES string of the molecule is CC1=C2C(=O)C(OC(=O)C3(C)OC3C)=C(C)[C@H]2[C@@H]2OC(=O)C(C)=C2C=C1. The Labute approximate surface area is 151 Å². The second-order valence-electron chi connectivity index (χ2n) is 7.41. The molecule has 4 rings (SSSR count). The zero-order valence-corrected chi connectivity index (χ0v) is 15.3. The predicted molar refractivity (Wildman–Crippen MR) is 90.7 cm³/mol. The Hall–Kier alpha value is -2.47. The summed E-state index contributed by atoms with van der Waals surface area (Å²) < 4.78 is 16.3. The molecule has 0 aromatic rings. The summed E-state index contributed by atoms with van der Waals surface area (Å²) in [5.74, 6) is -1.71. The maximum atomic E-state index is 13.0. The van der Waals surface area contributed by atoms with Gasteiger partial charge >= 0.3 is 11.9 Å². The van der Waals surface area contributed by atoms with Crippen LogP contribution in [0.5, 0.6) is 0 Å². The fraction of sp³-hybridized carbons (Fsp3) is 0.450. The van der Waals surface area contributed by atoms with Crippen LogP contribution >= 0.6 is 0 Å². The summed E-state index contributed by atoms with van der Waals surface area (Å²) in [7, 11) is 0. The van der Waals surface area contributed by atoms with Crippen LogP contribution in [0.25, 0.3) is 0 Å². The monoisotopic (exact) mass is 356 g/mol. The Kier molecular flexibility index (Phi) is 3.44. The molecule has 4 aliphatic rings. The van der Waals surface area contributed by atoms with Crippen molar-refractivity contribution in [3.8, 4) is 0 Å². The van der Waals surface area contributed by atoms with Gasteiger partial charge in [0.2, 0.25) is 5.78 Å². The maximum absolute atomic E-state index is 13.0. The standard InChI is InChI=1S/C20H20O6/c1-8-6-7-12-9(2)18(22)24-17(12)14-10(3)16(15(21)13(8)14)25-19(23)20(5)11(4)26-20/h6-7,11,14,17H,1-5H3/t11?,14-,17-,20?/m1/s1. The lowest BCUT2D eigenvalue weighted by molar-refractivity contribution is -0.147. The van der Waals surface area contributed by atoms with Gasteiger partial charge in [0.1, 0.15) is 6.10 Å². The number of ether oxygens (including phenoxy) is 3. The number of ketones is 1. The highest BCUT2D eigenvalue weighted by atomic mass is 16.7. The lowest BCUT2D eigenvalue weighted by Crippen LogP contribution is -2.26. The number of esters is 2. The first-order chi connectivity index (χ1) is 12.2.